The lowest BCUT2D eigenvalue weighted by Gasteiger charge is -2.12. The van der Waals surface area contributed by atoms with Crippen molar-refractivity contribution in [3.05, 3.63) is 69.1 Å². The van der Waals surface area contributed by atoms with Crippen LogP contribution in [-0.4, -0.2) is 23.4 Å². The molecule has 0 aromatic heterocycles. The zero-order valence-electron chi connectivity index (χ0n) is 14.3. The molecule has 0 spiro atoms. The lowest BCUT2D eigenvalue weighted by atomic mass is 10.1. The summed E-state index contributed by atoms with van der Waals surface area (Å²) in [6, 6.07) is 8.31. The Kier molecular flexibility index (Phi) is 5.88. The number of terminal acetylenes is 1. The van der Waals surface area contributed by atoms with Crippen LogP contribution in [0.3, 0.4) is 0 Å². The van der Waals surface area contributed by atoms with Crippen LogP contribution in [0.2, 0.25) is 10.0 Å². The molecule has 1 heterocycles. The van der Waals surface area contributed by atoms with Crippen LogP contribution in [0.15, 0.2) is 42.1 Å². The van der Waals surface area contributed by atoms with E-state index in [1.165, 1.54) is 36.4 Å². The molecule has 2 aromatic carbocycles. The average Bonchev–Trinajstić information content (AvgIpc) is 2.90. The number of nitrogens with zero attached hydrogens (tertiary/aromatic N) is 1. The predicted molar refractivity (Wildman–Crippen MR) is 104 cm³/mol. The van der Waals surface area contributed by atoms with Crippen LogP contribution < -0.4 is 10.1 Å². The molecule has 1 saturated heterocycles. The Bertz CT molecular complexity index is 1010. The van der Waals surface area contributed by atoms with Gasteiger partial charge in [0.15, 0.2) is 5.75 Å². The molecule has 1 aliphatic rings. The Labute approximate surface area is 170 Å². The van der Waals surface area contributed by atoms with Gasteiger partial charge in [0.2, 0.25) is 0 Å². The first-order valence-electron chi connectivity index (χ1n) is 8.04. The number of nitrogens with one attached hydrogen (secondary N) is 1. The first-order valence-corrected chi connectivity index (χ1v) is 8.79. The lowest BCUT2D eigenvalue weighted by molar-refractivity contribution is -0.123. The number of amides is 3. The molecule has 0 unspecified atom stereocenters. The van der Waals surface area contributed by atoms with Crippen molar-refractivity contribution in [2.45, 2.75) is 6.54 Å². The second kappa shape index (κ2) is 8.34. The standard InChI is InChI=1S/C20H13Cl2FN2O3/c1-2-7-28-18-14(21)8-12(9-15(18)22)10-17-19(26)25(20(27)24-17)11-13-5-3-4-6-16(13)23/h1,3-6,8-10H,7,11H2,(H,24,27)/b17-10-. The van der Waals surface area contributed by atoms with Crippen molar-refractivity contribution in [1.29, 1.82) is 0 Å². The molecule has 0 radical (unpaired) electrons. The molecule has 3 rings (SSSR count). The van der Waals surface area contributed by atoms with Gasteiger partial charge in [0.05, 0.1) is 16.6 Å². The van der Waals surface area contributed by atoms with Crippen LogP contribution in [-0.2, 0) is 11.3 Å². The van der Waals surface area contributed by atoms with E-state index in [9.17, 15) is 14.0 Å². The average molecular weight is 419 g/mol. The highest BCUT2D eigenvalue weighted by Crippen LogP contribution is 2.35. The number of benzene rings is 2. The molecule has 1 fully saturated rings. The van der Waals surface area contributed by atoms with E-state index in [0.717, 1.165) is 4.90 Å². The van der Waals surface area contributed by atoms with Gasteiger partial charge in [-0.15, -0.1) is 6.42 Å². The van der Waals surface area contributed by atoms with E-state index in [-0.39, 0.29) is 40.2 Å². The summed E-state index contributed by atoms with van der Waals surface area (Å²) < 4.78 is 19.1. The fourth-order valence-electron chi connectivity index (χ4n) is 2.59. The zero-order valence-corrected chi connectivity index (χ0v) is 15.9. The fourth-order valence-corrected chi connectivity index (χ4v) is 3.21. The molecular formula is C20H13Cl2FN2O3. The predicted octanol–water partition coefficient (Wildman–Crippen LogP) is 4.24. The van der Waals surface area contributed by atoms with Crippen molar-refractivity contribution < 1.29 is 18.7 Å². The normalized spacial score (nSPS) is 14.9. The number of imide groups is 1. The van der Waals surface area contributed by atoms with Gasteiger partial charge in [-0.2, -0.15) is 0 Å². The molecule has 1 N–H and O–H groups in total. The molecule has 1 aliphatic heterocycles. The smallest absolute Gasteiger partial charge is 0.329 e. The minimum atomic E-state index is -0.648. The van der Waals surface area contributed by atoms with Crippen LogP contribution >= 0.6 is 23.2 Å². The number of urea groups is 1. The van der Waals surface area contributed by atoms with E-state index in [1.807, 2.05) is 0 Å². The second-order valence-electron chi connectivity index (χ2n) is 5.78. The quantitative estimate of drug-likeness (QED) is 0.448. The Balaban J connectivity index is 1.84. The fraction of sp³-hybridized carbons (Fsp3) is 0.100. The minimum Gasteiger partial charge on any atom is -0.478 e. The Morgan fingerprint density at radius 1 is 1.21 bits per heavy atom. The van der Waals surface area contributed by atoms with Crippen LogP contribution in [0, 0.1) is 18.2 Å². The second-order valence-corrected chi connectivity index (χ2v) is 6.59. The van der Waals surface area contributed by atoms with Gasteiger partial charge in [0.1, 0.15) is 18.1 Å². The summed E-state index contributed by atoms with van der Waals surface area (Å²) >= 11 is 12.3. The van der Waals surface area contributed by atoms with Gasteiger partial charge in [0, 0.05) is 5.56 Å². The van der Waals surface area contributed by atoms with E-state index in [1.54, 1.807) is 6.07 Å². The third kappa shape index (κ3) is 4.11. The number of rotatable bonds is 5. The summed E-state index contributed by atoms with van der Waals surface area (Å²) in [6.45, 7) is -0.186. The maximum Gasteiger partial charge on any atom is 0.329 e. The molecule has 2 aromatic rings. The molecule has 5 nitrogen and oxygen atoms in total. The van der Waals surface area contributed by atoms with E-state index in [4.69, 9.17) is 34.4 Å². The monoisotopic (exact) mass is 418 g/mol. The van der Waals surface area contributed by atoms with E-state index < -0.39 is 17.8 Å². The first-order chi connectivity index (χ1) is 13.4. The lowest BCUT2D eigenvalue weighted by Crippen LogP contribution is -2.30. The molecule has 0 aliphatic carbocycles. The van der Waals surface area contributed by atoms with Gasteiger partial charge in [-0.1, -0.05) is 47.3 Å². The van der Waals surface area contributed by atoms with Crippen LogP contribution in [0.25, 0.3) is 6.08 Å². The molecule has 3 amide bonds. The summed E-state index contributed by atoms with van der Waals surface area (Å²) in [5.74, 6) is 1.45. The molecule has 142 valence electrons. The number of hydrogen-bond donors (Lipinski definition) is 1. The van der Waals surface area contributed by atoms with Gasteiger partial charge in [-0.3, -0.25) is 9.69 Å². The molecular weight excluding hydrogens is 406 g/mol. The summed E-state index contributed by atoms with van der Waals surface area (Å²) in [5, 5.41) is 2.87. The van der Waals surface area contributed by atoms with Gasteiger partial charge < -0.3 is 10.1 Å². The number of hydrogen-bond acceptors (Lipinski definition) is 3. The molecule has 0 bridgehead atoms. The molecule has 0 atom stereocenters. The SMILES string of the molecule is C#CCOc1c(Cl)cc(/C=C2\NC(=O)N(Cc3ccccc3F)C2=O)cc1Cl. The molecule has 28 heavy (non-hydrogen) atoms. The van der Waals surface area contributed by atoms with E-state index >= 15 is 0 Å². The number of ether oxygens (including phenoxy) is 1. The van der Waals surface area contributed by atoms with Crippen molar-refractivity contribution in [3.63, 3.8) is 0 Å². The van der Waals surface area contributed by atoms with Crippen molar-refractivity contribution in [3.8, 4) is 18.1 Å². The van der Waals surface area contributed by atoms with E-state index in [2.05, 4.69) is 11.2 Å². The number of carbonyl (C=O) groups is 2. The van der Waals surface area contributed by atoms with Crippen molar-refractivity contribution in [1.82, 2.24) is 10.2 Å². The number of halogens is 3. The third-order valence-corrected chi connectivity index (χ3v) is 4.44. The highest BCUT2D eigenvalue weighted by molar-refractivity contribution is 6.37. The third-order valence-electron chi connectivity index (χ3n) is 3.88. The Morgan fingerprint density at radius 2 is 1.89 bits per heavy atom. The van der Waals surface area contributed by atoms with Crippen molar-refractivity contribution in [2.75, 3.05) is 6.61 Å². The highest BCUT2D eigenvalue weighted by atomic mass is 35.5. The van der Waals surface area contributed by atoms with Crippen LogP contribution in [0.4, 0.5) is 9.18 Å². The van der Waals surface area contributed by atoms with Gasteiger partial charge in [0.25, 0.3) is 5.91 Å². The molecule has 0 saturated carbocycles. The summed E-state index contributed by atoms with van der Waals surface area (Å²) in [7, 11) is 0. The Hall–Kier alpha value is -3.01. The van der Waals surface area contributed by atoms with Gasteiger partial charge in [-0.25, -0.2) is 9.18 Å². The topological polar surface area (TPSA) is 58.6 Å². The van der Waals surface area contributed by atoms with Crippen LogP contribution in [0.1, 0.15) is 11.1 Å². The summed E-state index contributed by atoms with van der Waals surface area (Å²) in [5.41, 5.74) is 0.721. The van der Waals surface area contributed by atoms with Gasteiger partial charge in [-0.05, 0) is 29.8 Å². The summed E-state index contributed by atoms with van der Waals surface area (Å²) in [4.78, 5) is 25.6. The maximum absolute atomic E-state index is 13.8. The minimum absolute atomic E-state index is 0.000571. The highest BCUT2D eigenvalue weighted by Gasteiger charge is 2.34. The van der Waals surface area contributed by atoms with E-state index in [0.29, 0.717) is 5.56 Å². The first kappa shape index (κ1) is 19.7. The summed E-state index contributed by atoms with van der Waals surface area (Å²) in [6.07, 6.45) is 6.57. The van der Waals surface area contributed by atoms with Crippen molar-refractivity contribution >= 4 is 41.2 Å². The number of carbonyl (C=O) groups excluding carboxylic acids is 2. The zero-order chi connectivity index (χ0) is 20.3. The van der Waals surface area contributed by atoms with Crippen molar-refractivity contribution in [2.24, 2.45) is 0 Å². The van der Waals surface area contributed by atoms with Crippen LogP contribution in [0.5, 0.6) is 5.75 Å². The Morgan fingerprint density at radius 3 is 2.54 bits per heavy atom. The van der Waals surface area contributed by atoms with Gasteiger partial charge >= 0.3 is 6.03 Å². The maximum atomic E-state index is 13.8. The molecule has 8 heteroatoms. The largest absolute Gasteiger partial charge is 0.478 e.